The minimum absolute atomic E-state index is 0.258. The molecule has 0 aliphatic heterocycles. The van der Waals surface area contributed by atoms with Gasteiger partial charge in [0.15, 0.2) is 6.61 Å². The first kappa shape index (κ1) is 18.4. The van der Waals surface area contributed by atoms with Gasteiger partial charge in [-0.1, -0.05) is 12.1 Å². The molecule has 1 rings (SSSR count). The van der Waals surface area contributed by atoms with Gasteiger partial charge in [-0.15, -0.1) is 0 Å². The molecule has 126 valence electrons. The van der Waals surface area contributed by atoms with Gasteiger partial charge < -0.3 is 25.7 Å². The third kappa shape index (κ3) is 6.79. The Kier molecular flexibility index (Phi) is 6.09. The Bertz CT molecular complexity index is 577. The highest BCUT2D eigenvalue weighted by molar-refractivity contribution is 5.86. The summed E-state index contributed by atoms with van der Waals surface area (Å²) < 4.78 is 14.5. The third-order valence-corrected chi connectivity index (χ3v) is 2.45. The van der Waals surface area contributed by atoms with Gasteiger partial charge in [0.2, 0.25) is 0 Å². The first-order chi connectivity index (χ1) is 10.6. The molecule has 8 heteroatoms. The van der Waals surface area contributed by atoms with Crippen LogP contribution in [0.15, 0.2) is 24.3 Å². The van der Waals surface area contributed by atoms with Crippen LogP contribution in [-0.2, 0) is 19.1 Å². The zero-order valence-electron chi connectivity index (χ0n) is 13.2. The molecule has 1 amide bonds. The average molecular weight is 324 g/mol. The van der Waals surface area contributed by atoms with E-state index in [-0.39, 0.29) is 6.61 Å². The molecule has 0 aromatic heterocycles. The second-order valence-electron chi connectivity index (χ2n) is 5.69. The lowest BCUT2D eigenvalue weighted by Crippen LogP contribution is -2.30. The maximum absolute atomic E-state index is 11.8. The van der Waals surface area contributed by atoms with Crippen molar-refractivity contribution in [2.24, 2.45) is 11.5 Å². The Morgan fingerprint density at radius 3 is 2.17 bits per heavy atom. The summed E-state index contributed by atoms with van der Waals surface area (Å²) in [6.45, 7) is 4.67. The molecular weight excluding hydrogens is 304 g/mol. The molecule has 0 radical (unpaired) electrons. The van der Waals surface area contributed by atoms with E-state index in [9.17, 15) is 14.4 Å². The molecular formula is C15H20N2O6. The van der Waals surface area contributed by atoms with Crippen molar-refractivity contribution in [1.29, 1.82) is 0 Å². The van der Waals surface area contributed by atoms with Gasteiger partial charge >= 0.3 is 12.1 Å². The zero-order chi connectivity index (χ0) is 17.6. The number of primary amides is 1. The Morgan fingerprint density at radius 1 is 1.13 bits per heavy atom. The molecule has 4 N–H and O–H groups in total. The number of benzene rings is 1. The highest BCUT2D eigenvalue weighted by Crippen LogP contribution is 2.18. The van der Waals surface area contributed by atoms with Crippen LogP contribution in [0.25, 0.3) is 0 Å². The van der Waals surface area contributed by atoms with Gasteiger partial charge in [-0.25, -0.2) is 9.59 Å². The van der Waals surface area contributed by atoms with Crippen molar-refractivity contribution < 1.29 is 28.6 Å². The summed E-state index contributed by atoms with van der Waals surface area (Å²) in [5, 5.41) is 0. The second-order valence-corrected chi connectivity index (χ2v) is 5.69. The van der Waals surface area contributed by atoms with Crippen molar-refractivity contribution in [3.63, 3.8) is 0 Å². The van der Waals surface area contributed by atoms with E-state index in [0.29, 0.717) is 11.3 Å². The van der Waals surface area contributed by atoms with E-state index >= 15 is 0 Å². The van der Waals surface area contributed by atoms with Gasteiger partial charge in [0.1, 0.15) is 17.4 Å². The normalized spacial score (nSPS) is 12.2. The standard InChI is InChI=1S/C15H20N2O6/c1-15(2,3)23-14(20)22-13(19)12(17)9-4-6-10(7-5-9)21-8-11(16)18/h4-7,12H,8,17H2,1-3H3,(H2,16,18)/t12-/m1/s1. The van der Waals surface area contributed by atoms with Crippen molar-refractivity contribution in [2.45, 2.75) is 32.4 Å². The van der Waals surface area contributed by atoms with Crippen molar-refractivity contribution >= 4 is 18.0 Å². The van der Waals surface area contributed by atoms with Crippen LogP contribution in [-0.4, -0.2) is 30.2 Å². The van der Waals surface area contributed by atoms with Gasteiger partial charge in [0, 0.05) is 0 Å². The van der Waals surface area contributed by atoms with Crippen LogP contribution in [0.3, 0.4) is 0 Å². The lowest BCUT2D eigenvalue weighted by molar-refractivity contribution is -0.143. The largest absolute Gasteiger partial charge is 0.516 e. The molecule has 1 aromatic carbocycles. The van der Waals surface area contributed by atoms with Crippen LogP contribution in [0.1, 0.15) is 32.4 Å². The van der Waals surface area contributed by atoms with Gasteiger partial charge in [0.25, 0.3) is 5.91 Å². The number of amides is 1. The topological polar surface area (TPSA) is 131 Å². The molecule has 23 heavy (non-hydrogen) atoms. The van der Waals surface area contributed by atoms with Gasteiger partial charge in [-0.05, 0) is 38.5 Å². The number of esters is 1. The average Bonchev–Trinajstić information content (AvgIpc) is 2.42. The molecule has 0 saturated heterocycles. The number of rotatable bonds is 5. The summed E-state index contributed by atoms with van der Waals surface area (Å²) in [5.74, 6) is -1.16. The molecule has 0 fully saturated rings. The monoisotopic (exact) mass is 324 g/mol. The molecule has 0 bridgehead atoms. The van der Waals surface area contributed by atoms with Crippen LogP contribution in [0, 0.1) is 0 Å². The van der Waals surface area contributed by atoms with E-state index in [2.05, 4.69) is 4.74 Å². The second kappa shape index (κ2) is 7.59. The SMILES string of the molecule is CC(C)(C)OC(=O)OC(=O)[C@H](N)c1ccc(OCC(N)=O)cc1. The highest BCUT2D eigenvalue weighted by Gasteiger charge is 2.24. The Hall–Kier alpha value is -2.61. The van der Waals surface area contributed by atoms with Crippen LogP contribution >= 0.6 is 0 Å². The number of carbonyl (C=O) groups excluding carboxylic acids is 3. The molecule has 1 atom stereocenters. The van der Waals surface area contributed by atoms with E-state index in [0.717, 1.165) is 0 Å². The summed E-state index contributed by atoms with van der Waals surface area (Å²) >= 11 is 0. The van der Waals surface area contributed by atoms with Crippen LogP contribution in [0.5, 0.6) is 5.75 Å². The van der Waals surface area contributed by atoms with Crippen molar-refractivity contribution in [1.82, 2.24) is 0 Å². The number of nitrogens with two attached hydrogens (primary N) is 2. The van der Waals surface area contributed by atoms with E-state index in [1.807, 2.05) is 0 Å². The maximum Gasteiger partial charge on any atom is 0.516 e. The van der Waals surface area contributed by atoms with Gasteiger partial charge in [-0.2, -0.15) is 0 Å². The van der Waals surface area contributed by atoms with E-state index < -0.39 is 29.7 Å². The highest BCUT2D eigenvalue weighted by atomic mass is 16.7. The van der Waals surface area contributed by atoms with E-state index in [4.69, 9.17) is 20.9 Å². The number of hydrogen-bond donors (Lipinski definition) is 2. The first-order valence-corrected chi connectivity index (χ1v) is 6.80. The Balaban J connectivity index is 2.62. The summed E-state index contributed by atoms with van der Waals surface area (Å²) in [5.41, 5.74) is 10.3. The van der Waals surface area contributed by atoms with Crippen LogP contribution in [0.2, 0.25) is 0 Å². The van der Waals surface area contributed by atoms with E-state index in [1.165, 1.54) is 24.3 Å². The molecule has 0 aliphatic rings. The summed E-state index contributed by atoms with van der Waals surface area (Å²) in [7, 11) is 0. The fourth-order valence-corrected chi connectivity index (χ4v) is 1.48. The molecule has 1 aromatic rings. The molecule has 8 nitrogen and oxygen atoms in total. The number of carbonyl (C=O) groups is 3. The minimum Gasteiger partial charge on any atom is -0.484 e. The number of ether oxygens (including phenoxy) is 3. The lowest BCUT2D eigenvalue weighted by Gasteiger charge is -2.19. The van der Waals surface area contributed by atoms with Crippen LogP contribution < -0.4 is 16.2 Å². The predicted molar refractivity (Wildman–Crippen MR) is 80.4 cm³/mol. The van der Waals surface area contributed by atoms with E-state index in [1.54, 1.807) is 20.8 Å². The molecule has 0 heterocycles. The summed E-state index contributed by atoms with van der Waals surface area (Å²) in [4.78, 5) is 33.8. The molecule has 0 saturated carbocycles. The fraction of sp³-hybridized carbons (Fsp3) is 0.400. The zero-order valence-corrected chi connectivity index (χ0v) is 13.2. The van der Waals surface area contributed by atoms with Crippen molar-refractivity contribution in [3.8, 4) is 5.75 Å². The van der Waals surface area contributed by atoms with Crippen molar-refractivity contribution in [3.05, 3.63) is 29.8 Å². The van der Waals surface area contributed by atoms with Gasteiger partial charge in [-0.3, -0.25) is 4.79 Å². The Morgan fingerprint density at radius 2 is 1.70 bits per heavy atom. The number of hydrogen-bond acceptors (Lipinski definition) is 7. The molecule has 0 aliphatic carbocycles. The maximum atomic E-state index is 11.8. The summed E-state index contributed by atoms with van der Waals surface area (Å²) in [6, 6.07) is 4.89. The summed E-state index contributed by atoms with van der Waals surface area (Å²) in [6.07, 6.45) is -1.11. The molecule has 0 spiro atoms. The smallest absolute Gasteiger partial charge is 0.484 e. The molecule has 0 unspecified atom stereocenters. The minimum atomic E-state index is -1.16. The van der Waals surface area contributed by atoms with Crippen LogP contribution in [0.4, 0.5) is 4.79 Å². The fourth-order valence-electron chi connectivity index (χ4n) is 1.48. The first-order valence-electron chi connectivity index (χ1n) is 6.80. The van der Waals surface area contributed by atoms with Crippen molar-refractivity contribution in [2.75, 3.05) is 6.61 Å². The quantitative estimate of drug-likeness (QED) is 0.610. The lowest BCUT2D eigenvalue weighted by atomic mass is 10.1. The predicted octanol–water partition coefficient (Wildman–Crippen LogP) is 1.03. The van der Waals surface area contributed by atoms with Gasteiger partial charge in [0.05, 0.1) is 0 Å². The Labute approximate surface area is 133 Å². The third-order valence-electron chi connectivity index (χ3n) is 2.45.